The predicted molar refractivity (Wildman–Crippen MR) is 91.5 cm³/mol. The fraction of sp³-hybridized carbons (Fsp3) is 0.118. The summed E-state index contributed by atoms with van der Waals surface area (Å²) in [5.41, 5.74) is 1.92. The number of carbonyl (C=O) groups excluding carboxylic acids is 1. The van der Waals surface area contributed by atoms with E-state index in [1.807, 2.05) is 54.6 Å². The number of nitrogens with one attached hydrogen (secondary N) is 2. The molecule has 2 aromatic carbocycles. The summed E-state index contributed by atoms with van der Waals surface area (Å²) in [6.07, 6.45) is 3.43. The molecule has 0 aliphatic carbocycles. The second kappa shape index (κ2) is 8.24. The molecule has 0 aliphatic heterocycles. The van der Waals surface area contributed by atoms with E-state index in [-0.39, 0.29) is 6.03 Å². The van der Waals surface area contributed by atoms with Crippen molar-refractivity contribution >= 4 is 28.0 Å². The fourth-order valence-electron chi connectivity index (χ4n) is 1.89. The van der Waals surface area contributed by atoms with Gasteiger partial charge in [-0.15, -0.1) is 0 Å². The molecule has 0 aromatic heterocycles. The topological polar surface area (TPSA) is 50.4 Å². The Balaban J connectivity index is 1.85. The van der Waals surface area contributed by atoms with Gasteiger partial charge in [0, 0.05) is 22.8 Å². The van der Waals surface area contributed by atoms with Crippen LogP contribution in [0.2, 0.25) is 0 Å². The van der Waals surface area contributed by atoms with E-state index in [0.717, 1.165) is 21.3 Å². The van der Waals surface area contributed by atoms with E-state index < -0.39 is 0 Å². The summed E-state index contributed by atoms with van der Waals surface area (Å²) >= 11 is 3.45. The van der Waals surface area contributed by atoms with E-state index in [2.05, 4.69) is 26.6 Å². The molecule has 0 fully saturated rings. The molecule has 2 N–H and O–H groups in total. The van der Waals surface area contributed by atoms with Gasteiger partial charge in [0.05, 0.1) is 7.11 Å². The number of para-hydroxylation sites is 1. The van der Waals surface area contributed by atoms with Crippen molar-refractivity contribution in [2.45, 2.75) is 6.54 Å². The van der Waals surface area contributed by atoms with Crippen molar-refractivity contribution in [2.75, 3.05) is 7.11 Å². The van der Waals surface area contributed by atoms with Crippen LogP contribution in [0.5, 0.6) is 5.75 Å². The molecular weight excluding hydrogens is 344 g/mol. The maximum absolute atomic E-state index is 11.8. The van der Waals surface area contributed by atoms with Gasteiger partial charge >= 0.3 is 6.03 Å². The third kappa shape index (κ3) is 4.63. The van der Waals surface area contributed by atoms with Crippen LogP contribution in [0, 0.1) is 0 Å². The van der Waals surface area contributed by atoms with Gasteiger partial charge in [-0.1, -0.05) is 52.3 Å². The highest BCUT2D eigenvalue weighted by Gasteiger charge is 2.03. The second-order valence-electron chi connectivity index (χ2n) is 4.49. The maximum atomic E-state index is 11.8. The van der Waals surface area contributed by atoms with Crippen molar-refractivity contribution in [3.05, 3.63) is 70.3 Å². The standard InChI is InChI=1S/C17H17BrN2O2/c1-22-16-9-5-3-7-14(16)12-20-17(21)19-11-10-13-6-2-4-8-15(13)18/h2-11H,12H2,1H3,(H2,19,20,21)/b11-10+. The molecule has 2 rings (SSSR count). The molecule has 22 heavy (non-hydrogen) atoms. The van der Waals surface area contributed by atoms with Crippen molar-refractivity contribution in [3.63, 3.8) is 0 Å². The molecule has 0 spiro atoms. The van der Waals surface area contributed by atoms with Crippen molar-refractivity contribution in [2.24, 2.45) is 0 Å². The zero-order valence-electron chi connectivity index (χ0n) is 12.2. The molecule has 0 unspecified atom stereocenters. The lowest BCUT2D eigenvalue weighted by atomic mass is 10.2. The molecule has 5 heteroatoms. The number of methoxy groups -OCH3 is 1. The highest BCUT2D eigenvalue weighted by atomic mass is 79.9. The number of rotatable bonds is 5. The lowest BCUT2D eigenvalue weighted by Gasteiger charge is -2.09. The Morgan fingerprint density at radius 1 is 1.18 bits per heavy atom. The van der Waals surface area contributed by atoms with Crippen LogP contribution in [0.4, 0.5) is 4.79 Å². The van der Waals surface area contributed by atoms with Crippen molar-refractivity contribution in [1.29, 1.82) is 0 Å². The van der Waals surface area contributed by atoms with Gasteiger partial charge in [-0.25, -0.2) is 4.79 Å². The normalized spacial score (nSPS) is 10.5. The van der Waals surface area contributed by atoms with Crippen molar-refractivity contribution in [3.8, 4) is 5.75 Å². The Morgan fingerprint density at radius 3 is 2.68 bits per heavy atom. The molecule has 2 amide bonds. The van der Waals surface area contributed by atoms with Crippen LogP contribution in [0.1, 0.15) is 11.1 Å². The van der Waals surface area contributed by atoms with E-state index in [4.69, 9.17) is 4.74 Å². The third-order valence-electron chi connectivity index (χ3n) is 3.01. The van der Waals surface area contributed by atoms with Gasteiger partial charge in [-0.05, 0) is 23.8 Å². The number of carbonyl (C=O) groups is 1. The Hall–Kier alpha value is -2.27. The molecule has 0 atom stereocenters. The van der Waals surface area contributed by atoms with Crippen LogP contribution in [0.15, 0.2) is 59.2 Å². The molecule has 0 saturated heterocycles. The number of hydrogen-bond acceptors (Lipinski definition) is 2. The number of hydrogen-bond donors (Lipinski definition) is 2. The van der Waals surface area contributed by atoms with Crippen molar-refractivity contribution in [1.82, 2.24) is 10.6 Å². The summed E-state index contributed by atoms with van der Waals surface area (Å²) in [4.78, 5) is 11.8. The zero-order chi connectivity index (χ0) is 15.8. The first-order valence-electron chi connectivity index (χ1n) is 6.78. The first-order valence-corrected chi connectivity index (χ1v) is 7.57. The average Bonchev–Trinajstić information content (AvgIpc) is 2.55. The summed E-state index contributed by atoms with van der Waals surface area (Å²) in [5, 5.41) is 5.46. The zero-order valence-corrected chi connectivity index (χ0v) is 13.8. The molecule has 0 heterocycles. The van der Waals surface area contributed by atoms with E-state index in [1.54, 1.807) is 13.3 Å². The van der Waals surface area contributed by atoms with Gasteiger partial charge in [-0.3, -0.25) is 0 Å². The summed E-state index contributed by atoms with van der Waals surface area (Å²) in [5.74, 6) is 0.756. The number of ether oxygens (including phenoxy) is 1. The molecule has 4 nitrogen and oxygen atoms in total. The Bertz CT molecular complexity index is 671. The van der Waals surface area contributed by atoms with Crippen LogP contribution in [0.25, 0.3) is 6.08 Å². The molecule has 0 bridgehead atoms. The Labute approximate surface area is 138 Å². The average molecular weight is 361 g/mol. The van der Waals surface area contributed by atoms with E-state index in [1.165, 1.54) is 0 Å². The highest BCUT2D eigenvalue weighted by molar-refractivity contribution is 9.10. The molecule has 0 aliphatic rings. The lowest BCUT2D eigenvalue weighted by Crippen LogP contribution is -2.31. The summed E-state index contributed by atoms with van der Waals surface area (Å²) < 4.78 is 6.21. The molecule has 0 radical (unpaired) electrons. The van der Waals surface area contributed by atoms with Gasteiger partial charge in [0.25, 0.3) is 0 Å². The van der Waals surface area contributed by atoms with E-state index in [9.17, 15) is 4.79 Å². The summed E-state index contributed by atoms with van der Waals surface area (Å²) in [6.45, 7) is 0.402. The molecular formula is C17H17BrN2O2. The number of halogens is 1. The van der Waals surface area contributed by atoms with Crippen molar-refractivity contribution < 1.29 is 9.53 Å². The maximum Gasteiger partial charge on any atom is 0.319 e. The molecule has 0 saturated carbocycles. The lowest BCUT2D eigenvalue weighted by molar-refractivity contribution is 0.243. The SMILES string of the molecule is COc1ccccc1CNC(=O)N/C=C/c1ccccc1Br. The van der Waals surface area contributed by atoms with Gasteiger partial charge in [0.15, 0.2) is 0 Å². The summed E-state index contributed by atoms with van der Waals surface area (Å²) in [6, 6.07) is 15.1. The second-order valence-corrected chi connectivity index (χ2v) is 5.35. The molecule has 2 aromatic rings. The highest BCUT2D eigenvalue weighted by Crippen LogP contribution is 2.17. The first kappa shape index (κ1) is 16.1. The van der Waals surface area contributed by atoms with Crippen LogP contribution < -0.4 is 15.4 Å². The van der Waals surface area contributed by atoms with Gasteiger partial charge in [-0.2, -0.15) is 0 Å². The van der Waals surface area contributed by atoms with Gasteiger partial charge in [0.2, 0.25) is 0 Å². The van der Waals surface area contributed by atoms with E-state index in [0.29, 0.717) is 6.54 Å². The first-order chi connectivity index (χ1) is 10.7. The van der Waals surface area contributed by atoms with Gasteiger partial charge < -0.3 is 15.4 Å². The number of benzene rings is 2. The van der Waals surface area contributed by atoms with E-state index >= 15 is 0 Å². The predicted octanol–water partition coefficient (Wildman–Crippen LogP) is 3.93. The minimum atomic E-state index is -0.269. The van der Waals surface area contributed by atoms with Crippen LogP contribution in [0.3, 0.4) is 0 Å². The largest absolute Gasteiger partial charge is 0.496 e. The van der Waals surface area contributed by atoms with Crippen LogP contribution in [-0.4, -0.2) is 13.1 Å². The van der Waals surface area contributed by atoms with Gasteiger partial charge in [0.1, 0.15) is 5.75 Å². The Kier molecular flexibility index (Phi) is 6.03. The quantitative estimate of drug-likeness (QED) is 0.848. The third-order valence-corrected chi connectivity index (χ3v) is 3.74. The number of amides is 2. The summed E-state index contributed by atoms with van der Waals surface area (Å²) in [7, 11) is 1.61. The smallest absolute Gasteiger partial charge is 0.319 e. The minimum Gasteiger partial charge on any atom is -0.496 e. The fourth-order valence-corrected chi connectivity index (χ4v) is 2.31. The monoisotopic (exact) mass is 360 g/mol. The minimum absolute atomic E-state index is 0.269. The van der Waals surface area contributed by atoms with Crippen LogP contribution >= 0.6 is 15.9 Å². The molecule has 114 valence electrons. The number of urea groups is 1. The Morgan fingerprint density at radius 2 is 1.91 bits per heavy atom. The van der Waals surface area contributed by atoms with Crippen LogP contribution in [-0.2, 0) is 6.54 Å².